The Labute approximate surface area is 95.9 Å². The lowest BCUT2D eigenvalue weighted by Crippen LogP contribution is -2.05. The summed E-state index contributed by atoms with van der Waals surface area (Å²) in [4.78, 5) is 0. The predicted octanol–water partition coefficient (Wildman–Crippen LogP) is 4.39. The molecule has 0 aromatic carbocycles. The molecule has 0 aromatic rings. The van der Waals surface area contributed by atoms with E-state index in [2.05, 4.69) is 40.7 Å². The topological polar surface area (TPSA) is 9.23 Å². The van der Waals surface area contributed by atoms with Crippen molar-refractivity contribution in [2.45, 2.75) is 53.9 Å². The van der Waals surface area contributed by atoms with Gasteiger partial charge in [-0.1, -0.05) is 32.4 Å². The Hall–Kier alpha value is -0.300. The fourth-order valence-electron chi connectivity index (χ4n) is 1.36. The van der Waals surface area contributed by atoms with Gasteiger partial charge in [0.15, 0.2) is 0 Å². The van der Waals surface area contributed by atoms with Gasteiger partial charge in [-0.2, -0.15) is 0 Å². The van der Waals surface area contributed by atoms with Gasteiger partial charge in [-0.15, -0.1) is 0 Å². The summed E-state index contributed by atoms with van der Waals surface area (Å²) in [5.74, 6) is 2.13. The molecule has 15 heavy (non-hydrogen) atoms. The van der Waals surface area contributed by atoms with Crippen LogP contribution in [0.5, 0.6) is 0 Å². The van der Waals surface area contributed by atoms with E-state index in [9.17, 15) is 0 Å². The van der Waals surface area contributed by atoms with Crippen LogP contribution in [-0.4, -0.2) is 13.2 Å². The van der Waals surface area contributed by atoms with E-state index in [-0.39, 0.29) is 0 Å². The van der Waals surface area contributed by atoms with Gasteiger partial charge < -0.3 is 4.74 Å². The Bertz CT molecular complexity index is 166. The monoisotopic (exact) mass is 211 g/mol. The first-order valence-electron chi connectivity index (χ1n) is 6.02. The molecule has 1 atom stereocenters. The van der Waals surface area contributed by atoms with E-state index in [0.29, 0.717) is 0 Å². The fraction of sp³-hybridized carbons (Fsp3) is 0.786. The Kier molecular flexibility index (Phi) is 8.79. The minimum atomic E-state index is 0.776. The molecule has 1 nitrogen and oxygen atoms in total. The second kappa shape index (κ2) is 8.96. The summed E-state index contributed by atoms with van der Waals surface area (Å²) in [5, 5.41) is 0. The average molecular weight is 211 g/mol. The highest BCUT2D eigenvalue weighted by Gasteiger charge is 2.01. The van der Waals surface area contributed by atoms with Gasteiger partial charge in [0.2, 0.25) is 0 Å². The average Bonchev–Trinajstić information content (AvgIpc) is 2.11. The molecule has 0 saturated heterocycles. The van der Waals surface area contributed by atoms with Gasteiger partial charge in [0, 0.05) is 6.61 Å². The first-order valence-corrected chi connectivity index (χ1v) is 6.02. The van der Waals surface area contributed by atoms with Gasteiger partial charge in [0.1, 0.15) is 0 Å². The van der Waals surface area contributed by atoms with Crippen molar-refractivity contribution in [3.05, 3.63) is 17.6 Å². The van der Waals surface area contributed by atoms with Gasteiger partial charge in [0.05, 0.1) is 6.61 Å². The molecule has 0 bridgehead atoms. The van der Waals surface area contributed by atoms with Crippen LogP contribution >= 0.6 is 0 Å². The highest BCUT2D eigenvalue weighted by atomic mass is 16.5. The summed E-state index contributed by atoms with van der Waals surface area (Å²) < 4.78 is 5.54. The summed E-state index contributed by atoms with van der Waals surface area (Å²) in [6.07, 6.45) is 6.00. The number of hydrogen-bond acceptors (Lipinski definition) is 1. The highest BCUT2D eigenvalue weighted by molar-refractivity contribution is 4.92. The van der Waals surface area contributed by atoms with Crippen molar-refractivity contribution in [1.29, 1.82) is 0 Å². The minimum absolute atomic E-state index is 0.776. The molecule has 0 aliphatic rings. The number of hydrogen-bond donors (Lipinski definition) is 0. The summed E-state index contributed by atoms with van der Waals surface area (Å²) in [6.45, 7) is 12.6. The summed E-state index contributed by atoms with van der Waals surface area (Å²) >= 11 is 0. The second-order valence-corrected chi connectivity index (χ2v) is 5.01. The van der Waals surface area contributed by atoms with Crippen molar-refractivity contribution in [3.8, 4) is 0 Å². The van der Waals surface area contributed by atoms with Crippen LogP contribution in [-0.2, 0) is 4.74 Å². The molecule has 0 N–H and O–H groups in total. The van der Waals surface area contributed by atoms with Crippen LogP contribution in [0.15, 0.2) is 11.6 Å². The minimum Gasteiger partial charge on any atom is -0.381 e. The molecule has 0 heterocycles. The Balaban J connectivity index is 3.33. The third-order valence-electron chi connectivity index (χ3n) is 2.36. The van der Waals surface area contributed by atoms with Crippen LogP contribution in [0.2, 0.25) is 0 Å². The zero-order chi connectivity index (χ0) is 11.7. The van der Waals surface area contributed by atoms with E-state index < -0.39 is 0 Å². The first kappa shape index (κ1) is 14.7. The lowest BCUT2D eigenvalue weighted by Gasteiger charge is -2.11. The van der Waals surface area contributed by atoms with Crippen molar-refractivity contribution in [2.24, 2.45) is 5.92 Å². The van der Waals surface area contributed by atoms with Crippen LogP contribution in [0.1, 0.15) is 53.9 Å². The quantitative estimate of drug-likeness (QED) is 0.427. The van der Waals surface area contributed by atoms with Gasteiger partial charge >= 0.3 is 0 Å². The van der Waals surface area contributed by atoms with Gasteiger partial charge in [-0.25, -0.2) is 0 Å². The molecular weight excluding hydrogens is 184 g/mol. The zero-order valence-electron chi connectivity index (χ0n) is 11.1. The number of allylic oxidation sites excluding steroid dienone is 2. The third-order valence-corrected chi connectivity index (χ3v) is 2.36. The van der Waals surface area contributed by atoms with E-state index in [0.717, 1.165) is 19.1 Å². The number of rotatable bonds is 8. The smallest absolute Gasteiger partial charge is 0.0523 e. The van der Waals surface area contributed by atoms with Crippen molar-refractivity contribution in [1.82, 2.24) is 0 Å². The fourth-order valence-corrected chi connectivity index (χ4v) is 1.36. The largest absolute Gasteiger partial charge is 0.381 e. The van der Waals surface area contributed by atoms with E-state index in [1.807, 2.05) is 0 Å². The maximum Gasteiger partial charge on any atom is 0.0523 e. The third kappa shape index (κ3) is 11.6. The molecule has 0 rings (SSSR count). The maximum atomic E-state index is 5.54. The Morgan fingerprint density at radius 3 is 2.33 bits per heavy atom. The Morgan fingerprint density at radius 2 is 1.80 bits per heavy atom. The van der Waals surface area contributed by atoms with Crippen LogP contribution in [0, 0.1) is 11.8 Å². The summed E-state index contributed by atoms with van der Waals surface area (Å²) in [7, 11) is 0. The molecule has 0 saturated carbocycles. The molecule has 0 fully saturated rings. The molecule has 0 spiro atoms. The molecule has 0 unspecified atom stereocenters. The van der Waals surface area contributed by atoms with E-state index in [1.165, 1.54) is 30.8 Å². The normalized spacial score (nSPS) is 12.9. The first-order chi connectivity index (χ1) is 7.02. The Morgan fingerprint density at radius 1 is 1.13 bits per heavy atom. The number of ether oxygens (including phenoxy) is 1. The molecular formula is C14H27O. The van der Waals surface area contributed by atoms with Crippen molar-refractivity contribution >= 4 is 0 Å². The van der Waals surface area contributed by atoms with E-state index in [1.54, 1.807) is 0 Å². The van der Waals surface area contributed by atoms with Gasteiger partial charge in [-0.05, 0) is 44.9 Å². The summed E-state index contributed by atoms with van der Waals surface area (Å²) in [6, 6.07) is 0. The van der Waals surface area contributed by atoms with Gasteiger partial charge in [-0.3, -0.25) is 0 Å². The van der Waals surface area contributed by atoms with Crippen molar-refractivity contribution in [3.63, 3.8) is 0 Å². The lowest BCUT2D eigenvalue weighted by atomic mass is 10.0. The SMILES string of the molecule is C[C](C)COCC[C@@H](C)CCC=C(C)C. The van der Waals surface area contributed by atoms with E-state index in [4.69, 9.17) is 4.74 Å². The molecule has 1 radical (unpaired) electrons. The lowest BCUT2D eigenvalue weighted by molar-refractivity contribution is 0.130. The molecule has 89 valence electrons. The van der Waals surface area contributed by atoms with Crippen LogP contribution in [0.25, 0.3) is 0 Å². The standard InChI is InChI=1S/C14H27O/c1-12(2)7-6-8-14(5)9-10-15-11-13(3)4/h7,14H,6,8-11H2,1-5H3/t14-/m0/s1. The van der Waals surface area contributed by atoms with Crippen LogP contribution in [0.4, 0.5) is 0 Å². The zero-order valence-corrected chi connectivity index (χ0v) is 11.1. The van der Waals surface area contributed by atoms with Crippen molar-refractivity contribution in [2.75, 3.05) is 13.2 Å². The molecule has 0 amide bonds. The molecule has 0 aromatic heterocycles. The van der Waals surface area contributed by atoms with Crippen LogP contribution < -0.4 is 0 Å². The summed E-state index contributed by atoms with van der Waals surface area (Å²) in [5.41, 5.74) is 1.43. The predicted molar refractivity (Wildman–Crippen MR) is 67.9 cm³/mol. The highest BCUT2D eigenvalue weighted by Crippen LogP contribution is 2.12. The van der Waals surface area contributed by atoms with Gasteiger partial charge in [0.25, 0.3) is 0 Å². The van der Waals surface area contributed by atoms with E-state index >= 15 is 0 Å². The maximum absolute atomic E-state index is 5.54. The van der Waals surface area contributed by atoms with Crippen molar-refractivity contribution < 1.29 is 4.74 Å². The van der Waals surface area contributed by atoms with Crippen LogP contribution in [0.3, 0.4) is 0 Å². The second-order valence-electron chi connectivity index (χ2n) is 5.01. The molecule has 1 heteroatoms. The molecule has 0 aliphatic carbocycles. The molecule has 0 aliphatic heterocycles.